The van der Waals surface area contributed by atoms with Gasteiger partial charge in [-0.3, -0.25) is 0 Å². The van der Waals surface area contributed by atoms with Gasteiger partial charge in [-0.1, -0.05) is 65.2 Å². The van der Waals surface area contributed by atoms with Gasteiger partial charge in [-0.2, -0.15) is 0 Å². The molecule has 0 bridgehead atoms. The summed E-state index contributed by atoms with van der Waals surface area (Å²) in [5.41, 5.74) is 3.46. The number of carboxylic acid groups (broad SMARTS) is 1. The molecule has 2 N–H and O–H groups in total. The lowest BCUT2D eigenvalue weighted by Crippen LogP contribution is -2.32. The maximum Gasteiger partial charge on any atom is 0.326 e. The molecule has 0 spiro atoms. The van der Waals surface area contributed by atoms with Gasteiger partial charge >= 0.3 is 5.97 Å². The molecule has 4 aromatic rings. The lowest BCUT2D eigenvalue weighted by Gasteiger charge is -2.17. The lowest BCUT2D eigenvalue weighted by molar-refractivity contribution is -0.137. The number of aromatic nitrogens is 4. The number of carbonyl (C=O) groups is 1. The molecule has 1 atom stereocenters. The largest absolute Gasteiger partial charge is 0.480 e. The number of nitrogens with zero attached hydrogens (tertiary/aromatic N) is 4. The minimum atomic E-state index is -0.969. The van der Waals surface area contributed by atoms with Crippen LogP contribution in [-0.4, -0.2) is 36.7 Å². The van der Waals surface area contributed by atoms with Gasteiger partial charge < -0.3 is 10.4 Å². The van der Waals surface area contributed by atoms with Gasteiger partial charge in [0.25, 0.3) is 0 Å². The number of carboxylic acids is 1. The van der Waals surface area contributed by atoms with E-state index in [9.17, 15) is 9.90 Å². The first kappa shape index (κ1) is 19.7. The van der Waals surface area contributed by atoms with Crippen molar-refractivity contribution < 1.29 is 9.90 Å². The SMILES string of the molecule is O=C(O)C(Cc1cnns1)Nc1ncc(-c2ccccc2)nc1Cc1ccccc1. The van der Waals surface area contributed by atoms with E-state index in [4.69, 9.17) is 4.98 Å². The highest BCUT2D eigenvalue weighted by atomic mass is 32.1. The van der Waals surface area contributed by atoms with Crippen LogP contribution in [0.3, 0.4) is 0 Å². The summed E-state index contributed by atoms with van der Waals surface area (Å²) in [5, 5.41) is 16.5. The molecular weight excluding hydrogens is 398 g/mol. The fourth-order valence-electron chi connectivity index (χ4n) is 3.05. The predicted octanol–water partition coefficient (Wildman–Crippen LogP) is 3.69. The number of hydrogen-bond donors (Lipinski definition) is 2. The topological polar surface area (TPSA) is 101 Å². The second kappa shape index (κ2) is 9.23. The van der Waals surface area contributed by atoms with Crippen molar-refractivity contribution in [2.45, 2.75) is 18.9 Å². The molecule has 2 aromatic heterocycles. The highest BCUT2D eigenvalue weighted by Crippen LogP contribution is 2.23. The average molecular weight is 417 g/mol. The number of hydrogen-bond acceptors (Lipinski definition) is 7. The van der Waals surface area contributed by atoms with Gasteiger partial charge in [-0.15, -0.1) is 5.10 Å². The molecule has 0 saturated carbocycles. The van der Waals surface area contributed by atoms with Gasteiger partial charge in [0, 0.05) is 23.3 Å². The van der Waals surface area contributed by atoms with E-state index in [0.29, 0.717) is 17.9 Å². The van der Waals surface area contributed by atoms with Crippen LogP contribution < -0.4 is 5.32 Å². The molecule has 8 heteroatoms. The normalized spacial score (nSPS) is 11.7. The van der Waals surface area contributed by atoms with Crippen LogP contribution in [0.5, 0.6) is 0 Å². The van der Waals surface area contributed by atoms with Crippen molar-refractivity contribution in [3.63, 3.8) is 0 Å². The van der Waals surface area contributed by atoms with Crippen molar-refractivity contribution in [2.75, 3.05) is 5.32 Å². The first-order valence-corrected chi connectivity index (χ1v) is 10.2. The van der Waals surface area contributed by atoms with E-state index in [1.807, 2.05) is 60.7 Å². The maximum atomic E-state index is 11.8. The quantitative estimate of drug-likeness (QED) is 0.451. The van der Waals surface area contributed by atoms with Crippen LogP contribution in [0.4, 0.5) is 5.82 Å². The molecule has 30 heavy (non-hydrogen) atoms. The lowest BCUT2D eigenvalue weighted by atomic mass is 10.1. The second-order valence-corrected chi connectivity index (χ2v) is 7.57. The van der Waals surface area contributed by atoms with Crippen LogP contribution in [-0.2, 0) is 17.6 Å². The zero-order chi connectivity index (χ0) is 20.8. The number of aliphatic carboxylic acids is 1. The van der Waals surface area contributed by atoms with Crippen molar-refractivity contribution in [3.8, 4) is 11.3 Å². The van der Waals surface area contributed by atoms with E-state index in [1.165, 1.54) is 11.5 Å². The van der Waals surface area contributed by atoms with Crippen molar-refractivity contribution in [1.29, 1.82) is 0 Å². The molecule has 0 radical (unpaired) electrons. The average Bonchev–Trinajstić information content (AvgIpc) is 3.29. The predicted molar refractivity (Wildman–Crippen MR) is 115 cm³/mol. The Balaban J connectivity index is 1.67. The fraction of sp³-hybridized carbons (Fsp3) is 0.136. The van der Waals surface area contributed by atoms with E-state index in [2.05, 4.69) is 19.9 Å². The molecule has 1 unspecified atom stereocenters. The van der Waals surface area contributed by atoms with Gasteiger partial charge in [0.2, 0.25) is 0 Å². The minimum absolute atomic E-state index is 0.264. The summed E-state index contributed by atoms with van der Waals surface area (Å²) in [4.78, 5) is 22.0. The van der Waals surface area contributed by atoms with E-state index >= 15 is 0 Å². The van der Waals surface area contributed by atoms with Crippen LogP contribution in [0, 0.1) is 0 Å². The first-order chi connectivity index (χ1) is 14.7. The van der Waals surface area contributed by atoms with Crippen molar-refractivity contribution in [2.24, 2.45) is 0 Å². The maximum absolute atomic E-state index is 11.8. The summed E-state index contributed by atoms with van der Waals surface area (Å²) in [6.07, 6.45) is 4.04. The second-order valence-electron chi connectivity index (χ2n) is 6.70. The Kier molecular flexibility index (Phi) is 6.05. The Morgan fingerprint density at radius 2 is 1.77 bits per heavy atom. The molecule has 2 heterocycles. The molecule has 2 aromatic carbocycles. The Morgan fingerprint density at radius 1 is 1.03 bits per heavy atom. The fourth-order valence-corrected chi connectivity index (χ4v) is 3.59. The van der Waals surface area contributed by atoms with Gasteiger partial charge in [0.1, 0.15) is 11.9 Å². The molecule has 0 aliphatic heterocycles. The van der Waals surface area contributed by atoms with Crippen molar-refractivity contribution in [1.82, 2.24) is 19.6 Å². The molecule has 0 aliphatic rings. The summed E-state index contributed by atoms with van der Waals surface area (Å²) >= 11 is 1.19. The number of rotatable bonds is 8. The molecule has 0 fully saturated rings. The standard InChI is InChI=1S/C22H19N5O2S/c28-22(29)19(12-17-13-24-27-30-17)26-21-18(11-15-7-3-1-4-8-15)25-20(14-23-21)16-9-5-2-6-10-16/h1-10,13-14,19H,11-12H2,(H,23,26)(H,28,29). The van der Waals surface area contributed by atoms with Gasteiger partial charge in [-0.05, 0) is 17.1 Å². The summed E-state index contributed by atoms with van der Waals surface area (Å²) in [6.45, 7) is 0. The van der Waals surface area contributed by atoms with Crippen LogP contribution in [0.1, 0.15) is 16.1 Å². The van der Waals surface area contributed by atoms with E-state index in [1.54, 1.807) is 12.4 Å². The number of nitrogens with one attached hydrogen (secondary N) is 1. The number of anilines is 1. The Hall–Kier alpha value is -3.65. The van der Waals surface area contributed by atoms with Gasteiger partial charge in [-0.25, -0.2) is 14.8 Å². The third-order valence-corrected chi connectivity index (χ3v) is 5.23. The molecule has 7 nitrogen and oxygen atoms in total. The summed E-state index contributed by atoms with van der Waals surface area (Å²) < 4.78 is 3.80. The summed E-state index contributed by atoms with van der Waals surface area (Å²) in [6, 6.07) is 18.8. The smallest absolute Gasteiger partial charge is 0.326 e. The van der Waals surface area contributed by atoms with Gasteiger partial charge in [0.05, 0.1) is 23.8 Å². The molecular formula is C22H19N5O2S. The summed E-state index contributed by atoms with van der Waals surface area (Å²) in [5.74, 6) is -0.508. The third kappa shape index (κ3) is 4.84. The Bertz CT molecular complexity index is 1110. The zero-order valence-electron chi connectivity index (χ0n) is 16.0. The third-order valence-electron chi connectivity index (χ3n) is 4.55. The minimum Gasteiger partial charge on any atom is -0.480 e. The summed E-state index contributed by atoms with van der Waals surface area (Å²) in [7, 11) is 0. The number of benzene rings is 2. The Morgan fingerprint density at radius 3 is 2.43 bits per heavy atom. The molecule has 150 valence electrons. The van der Waals surface area contributed by atoms with Crippen molar-refractivity contribution >= 4 is 23.3 Å². The van der Waals surface area contributed by atoms with Crippen LogP contribution in [0.25, 0.3) is 11.3 Å². The van der Waals surface area contributed by atoms with Crippen LogP contribution in [0.15, 0.2) is 73.1 Å². The van der Waals surface area contributed by atoms with Crippen LogP contribution in [0.2, 0.25) is 0 Å². The first-order valence-electron chi connectivity index (χ1n) is 9.40. The highest BCUT2D eigenvalue weighted by Gasteiger charge is 2.22. The molecule has 0 aliphatic carbocycles. The van der Waals surface area contributed by atoms with E-state index < -0.39 is 12.0 Å². The molecule has 0 saturated heterocycles. The monoisotopic (exact) mass is 417 g/mol. The molecule has 0 amide bonds. The van der Waals surface area contributed by atoms with Gasteiger partial charge in [0.15, 0.2) is 0 Å². The zero-order valence-corrected chi connectivity index (χ0v) is 16.8. The van der Waals surface area contributed by atoms with Crippen molar-refractivity contribution in [3.05, 3.63) is 89.2 Å². The van der Waals surface area contributed by atoms with Crippen LogP contribution >= 0.6 is 11.5 Å². The van der Waals surface area contributed by atoms with E-state index in [-0.39, 0.29) is 6.42 Å². The Labute approximate surface area is 177 Å². The highest BCUT2D eigenvalue weighted by molar-refractivity contribution is 7.05. The van der Waals surface area contributed by atoms with E-state index in [0.717, 1.165) is 21.7 Å². The molecule has 4 rings (SSSR count).